The summed E-state index contributed by atoms with van der Waals surface area (Å²) in [7, 11) is 1.54. The number of urea groups is 1. The summed E-state index contributed by atoms with van der Waals surface area (Å²) in [6.45, 7) is 3.54. The maximum Gasteiger partial charge on any atom is 0.334 e. The van der Waals surface area contributed by atoms with Crippen molar-refractivity contribution < 1.29 is 29.0 Å². The van der Waals surface area contributed by atoms with E-state index in [9.17, 15) is 19.5 Å². The number of carboxylic acids is 1. The van der Waals surface area contributed by atoms with Gasteiger partial charge in [-0.1, -0.05) is 35.3 Å². The van der Waals surface area contributed by atoms with E-state index in [1.807, 2.05) is 35.2 Å². The number of carboxylic acid groups (broad SMARTS) is 1. The molecule has 0 spiro atoms. The van der Waals surface area contributed by atoms with Crippen molar-refractivity contribution in [1.82, 2.24) is 45.2 Å². The van der Waals surface area contributed by atoms with Crippen LogP contribution in [0.4, 0.5) is 4.79 Å². The van der Waals surface area contributed by atoms with Crippen LogP contribution in [0.15, 0.2) is 67.3 Å². The third kappa shape index (κ3) is 7.71. The van der Waals surface area contributed by atoms with Gasteiger partial charge >= 0.3 is 12.0 Å². The third-order valence-corrected chi connectivity index (χ3v) is 11.7. The Morgan fingerprint density at radius 1 is 1.00 bits per heavy atom. The Morgan fingerprint density at radius 3 is 2.54 bits per heavy atom. The smallest absolute Gasteiger partial charge is 0.334 e. The van der Waals surface area contributed by atoms with Gasteiger partial charge in [0.2, 0.25) is 0 Å². The largest absolute Gasteiger partial charge is 0.496 e. The van der Waals surface area contributed by atoms with Crippen molar-refractivity contribution in [2.24, 2.45) is 0 Å². The number of nitrogens with zero attached hydrogens (tertiary/aromatic N) is 8. The van der Waals surface area contributed by atoms with E-state index in [0.717, 1.165) is 24.1 Å². The summed E-state index contributed by atoms with van der Waals surface area (Å²) < 4.78 is 12.4. The highest BCUT2D eigenvalue weighted by Gasteiger charge is 2.44. The zero-order valence-electron chi connectivity index (χ0n) is 29.7. The molecule has 5 heterocycles. The number of aliphatic carboxylic acids is 1. The monoisotopic (exact) mass is 777 g/mol. The van der Waals surface area contributed by atoms with Crippen molar-refractivity contribution >= 4 is 41.1 Å². The van der Waals surface area contributed by atoms with Crippen LogP contribution in [-0.2, 0) is 20.5 Å². The highest BCUT2D eigenvalue weighted by atomic mass is 35.5. The summed E-state index contributed by atoms with van der Waals surface area (Å²) in [6.07, 6.45) is 6.60. The topological polar surface area (TPSA) is 168 Å². The van der Waals surface area contributed by atoms with Crippen LogP contribution < -0.4 is 10.1 Å². The number of aromatic nitrogens is 5. The molecule has 17 heteroatoms. The number of nitrogens with one attached hydrogen (secondary N) is 1. The van der Waals surface area contributed by atoms with Gasteiger partial charge in [0, 0.05) is 50.5 Å². The normalized spacial score (nSPS) is 21.5. The van der Waals surface area contributed by atoms with Crippen LogP contribution in [0.1, 0.15) is 47.2 Å². The molecule has 2 aromatic carbocycles. The summed E-state index contributed by atoms with van der Waals surface area (Å²) >= 11 is 12.9. The summed E-state index contributed by atoms with van der Waals surface area (Å²) in [6, 6.07) is 14.5. The maximum atomic E-state index is 14.2. The lowest BCUT2D eigenvalue weighted by molar-refractivity contribution is -0.154. The van der Waals surface area contributed by atoms with Gasteiger partial charge in [0.25, 0.3) is 5.91 Å². The molecule has 284 valence electrons. The summed E-state index contributed by atoms with van der Waals surface area (Å²) in [5.41, 5.74) is 1.87. The van der Waals surface area contributed by atoms with E-state index in [0.29, 0.717) is 79.0 Å². The number of rotatable bonds is 10. The minimum absolute atomic E-state index is 0.0236. The lowest BCUT2D eigenvalue weighted by atomic mass is 9.76. The molecule has 3 fully saturated rings. The molecule has 0 bridgehead atoms. The van der Waals surface area contributed by atoms with Gasteiger partial charge in [-0.3, -0.25) is 9.78 Å². The van der Waals surface area contributed by atoms with Gasteiger partial charge in [-0.05, 0) is 90.2 Å². The molecule has 3 amide bonds. The average molecular weight is 779 g/mol. The van der Waals surface area contributed by atoms with E-state index in [1.165, 1.54) is 23.0 Å². The van der Waals surface area contributed by atoms with E-state index in [2.05, 4.69) is 30.7 Å². The molecule has 2 atom stereocenters. The number of tetrazole rings is 1. The van der Waals surface area contributed by atoms with Gasteiger partial charge in [-0.25, -0.2) is 14.3 Å². The number of morpholine rings is 1. The van der Waals surface area contributed by atoms with Crippen LogP contribution in [0.3, 0.4) is 0 Å². The van der Waals surface area contributed by atoms with Crippen LogP contribution in [0.5, 0.6) is 5.75 Å². The molecule has 0 radical (unpaired) electrons. The number of carbonyl (C=O) groups excluding carboxylic acids is 2. The van der Waals surface area contributed by atoms with Crippen LogP contribution in [-0.4, -0.2) is 129 Å². The van der Waals surface area contributed by atoms with E-state index >= 15 is 0 Å². The van der Waals surface area contributed by atoms with Crippen molar-refractivity contribution in [3.05, 3.63) is 94.0 Å². The SMILES string of the molecule is COc1ccc(-n2cnnn2)cc1C(=O)N1CCC(CCN2CCC(NC(=O)N3CCOC(C(=O)O)C3)(c3cccnc3)CC2)(c2ccc(Cl)c(Cl)c2)C1. The van der Waals surface area contributed by atoms with Crippen LogP contribution in [0.25, 0.3) is 5.69 Å². The number of hydrogen-bond donors (Lipinski definition) is 2. The zero-order chi connectivity index (χ0) is 37.9. The van der Waals surface area contributed by atoms with Crippen molar-refractivity contribution in [3.63, 3.8) is 0 Å². The molecule has 0 saturated carbocycles. The predicted molar refractivity (Wildman–Crippen MR) is 198 cm³/mol. The highest BCUT2D eigenvalue weighted by Crippen LogP contribution is 2.42. The molecule has 7 rings (SSSR count). The Balaban J connectivity index is 1.08. The molecule has 2 unspecified atom stereocenters. The Hall–Kier alpha value is -4.83. The molecule has 15 nitrogen and oxygen atoms in total. The number of piperidine rings is 1. The van der Waals surface area contributed by atoms with Crippen molar-refractivity contribution in [1.29, 1.82) is 0 Å². The molecule has 54 heavy (non-hydrogen) atoms. The number of methoxy groups -OCH3 is 1. The fraction of sp³-hybridized carbons (Fsp3) is 0.432. The van der Waals surface area contributed by atoms with Gasteiger partial charge in [0.05, 0.1) is 47.1 Å². The van der Waals surface area contributed by atoms with Crippen LogP contribution in [0, 0.1) is 0 Å². The van der Waals surface area contributed by atoms with Gasteiger partial charge in [0.15, 0.2) is 6.10 Å². The van der Waals surface area contributed by atoms with Crippen molar-refractivity contribution in [2.75, 3.05) is 59.5 Å². The number of carbonyl (C=O) groups is 3. The molecular formula is C37H41Cl2N9O6. The van der Waals surface area contributed by atoms with E-state index in [4.69, 9.17) is 32.7 Å². The standard InChI is InChI=1S/C37H41Cl2N9O6/c1-53-31-7-5-27(48-24-41-43-44-48)20-28(31)33(49)47-16-9-36(23-47,25-4-6-29(38)30(39)19-25)8-13-45-14-10-37(11-15-45,26-3-2-12-40-21-26)42-35(52)46-17-18-54-32(22-46)34(50)51/h2-7,12,19-21,24,32H,8-11,13-18,22-23H2,1H3,(H,42,52)(H,50,51). The second-order valence-electron chi connectivity index (χ2n) is 14.0. The second kappa shape index (κ2) is 15.9. The first-order valence-corrected chi connectivity index (χ1v) is 18.6. The van der Waals surface area contributed by atoms with Crippen molar-refractivity contribution in [2.45, 2.75) is 42.7 Å². The highest BCUT2D eigenvalue weighted by molar-refractivity contribution is 6.42. The molecule has 3 aliphatic rings. The van der Waals surface area contributed by atoms with Gasteiger partial charge in [-0.15, -0.1) is 5.10 Å². The zero-order valence-corrected chi connectivity index (χ0v) is 31.2. The molecular weight excluding hydrogens is 737 g/mol. The summed E-state index contributed by atoms with van der Waals surface area (Å²) in [4.78, 5) is 49.5. The van der Waals surface area contributed by atoms with Crippen LogP contribution >= 0.6 is 23.2 Å². The van der Waals surface area contributed by atoms with E-state index in [-0.39, 0.29) is 25.1 Å². The fourth-order valence-corrected chi connectivity index (χ4v) is 8.14. The maximum absolute atomic E-state index is 14.2. The Kier molecular flexibility index (Phi) is 11.0. The lowest BCUT2D eigenvalue weighted by Crippen LogP contribution is -2.59. The Labute approximate surface area is 322 Å². The number of hydrogen-bond acceptors (Lipinski definition) is 10. The molecule has 4 aromatic rings. The number of ether oxygens (including phenoxy) is 2. The predicted octanol–water partition coefficient (Wildman–Crippen LogP) is 4.03. The average Bonchev–Trinajstić information content (AvgIpc) is 3.91. The Morgan fingerprint density at radius 2 is 1.83 bits per heavy atom. The van der Waals surface area contributed by atoms with Crippen LogP contribution in [0.2, 0.25) is 10.0 Å². The molecule has 2 N–H and O–H groups in total. The number of benzene rings is 2. The lowest BCUT2D eigenvalue weighted by Gasteiger charge is -2.44. The first-order chi connectivity index (χ1) is 26.1. The summed E-state index contributed by atoms with van der Waals surface area (Å²) in [5.74, 6) is -0.795. The number of pyridine rings is 1. The fourth-order valence-electron chi connectivity index (χ4n) is 7.84. The first-order valence-electron chi connectivity index (χ1n) is 17.8. The minimum atomic E-state index is -1.09. The Bertz CT molecular complexity index is 1980. The second-order valence-corrected chi connectivity index (χ2v) is 14.8. The van der Waals surface area contributed by atoms with E-state index < -0.39 is 23.0 Å². The molecule has 2 aromatic heterocycles. The van der Waals surface area contributed by atoms with Gasteiger partial charge < -0.3 is 34.6 Å². The summed E-state index contributed by atoms with van der Waals surface area (Å²) in [5, 5.41) is 25.1. The molecule has 3 aliphatic heterocycles. The molecule has 0 aliphatic carbocycles. The quantitative estimate of drug-likeness (QED) is 0.239. The minimum Gasteiger partial charge on any atom is -0.496 e. The third-order valence-electron chi connectivity index (χ3n) is 11.0. The van der Waals surface area contributed by atoms with Crippen molar-refractivity contribution in [3.8, 4) is 11.4 Å². The number of amides is 3. The molecule has 3 saturated heterocycles. The van der Waals surface area contributed by atoms with E-state index in [1.54, 1.807) is 30.6 Å². The number of likely N-dealkylation sites (tertiary alicyclic amines) is 2. The number of halogens is 2. The van der Waals surface area contributed by atoms with Gasteiger partial charge in [-0.2, -0.15) is 0 Å². The first kappa shape index (κ1) is 37.5. The van der Waals surface area contributed by atoms with Gasteiger partial charge in [0.1, 0.15) is 12.1 Å².